The number of hydrogen-bond donors (Lipinski definition) is 1. The van der Waals surface area contributed by atoms with Gasteiger partial charge in [0.05, 0.1) is 18.0 Å². The van der Waals surface area contributed by atoms with Crippen molar-refractivity contribution in [2.75, 3.05) is 12.8 Å². The molecular weight excluding hydrogens is 374 g/mol. The van der Waals surface area contributed by atoms with E-state index >= 15 is 0 Å². The monoisotopic (exact) mass is 397 g/mol. The molecule has 3 rings (SSSR count). The molecule has 0 saturated carbocycles. The Hall–Kier alpha value is -1.78. The number of fused-ring (bicyclic) bond motifs is 1. The van der Waals surface area contributed by atoms with E-state index in [1.807, 2.05) is 26.2 Å². The molecule has 3 heterocycles. The first-order chi connectivity index (χ1) is 12.0. The van der Waals surface area contributed by atoms with E-state index < -0.39 is 21.6 Å². The van der Waals surface area contributed by atoms with E-state index in [1.54, 1.807) is 17.9 Å². The lowest BCUT2D eigenvalue weighted by atomic mass is 9.98. The molecule has 2 aromatic rings. The summed E-state index contributed by atoms with van der Waals surface area (Å²) in [5, 5.41) is 9.88. The molecule has 0 radical (unpaired) electrons. The highest BCUT2D eigenvalue weighted by Crippen LogP contribution is 2.33. The number of carbonyl (C=O) groups is 1. The number of nitrogens with one attached hydrogen (secondary N) is 1. The van der Waals surface area contributed by atoms with Gasteiger partial charge in [-0.2, -0.15) is 9.40 Å². The van der Waals surface area contributed by atoms with Gasteiger partial charge >= 0.3 is 0 Å². The minimum absolute atomic E-state index is 0.250. The summed E-state index contributed by atoms with van der Waals surface area (Å²) in [5.41, 5.74) is 1.69. The average Bonchev–Trinajstić information content (AvgIpc) is 3.12. The topological polar surface area (TPSA) is 97.2 Å². The van der Waals surface area contributed by atoms with Crippen molar-refractivity contribution in [1.82, 2.24) is 24.4 Å². The van der Waals surface area contributed by atoms with E-state index in [4.69, 9.17) is 0 Å². The second-order valence-electron chi connectivity index (χ2n) is 7.10. The Morgan fingerprint density at radius 1 is 1.42 bits per heavy atom. The SMILES string of the molecule is Cc1csc(C(C)(C)NC(=O)C2c3cnn(C)c3CCN2S(C)(=O)=O)n1. The van der Waals surface area contributed by atoms with Crippen LogP contribution in [0.2, 0.25) is 0 Å². The number of aryl methyl sites for hydroxylation is 2. The van der Waals surface area contributed by atoms with Crippen LogP contribution in [0.3, 0.4) is 0 Å². The zero-order chi connectivity index (χ0) is 19.3. The van der Waals surface area contributed by atoms with Crippen LogP contribution in [0, 0.1) is 6.92 Å². The van der Waals surface area contributed by atoms with Gasteiger partial charge in [0.2, 0.25) is 15.9 Å². The molecule has 1 atom stereocenters. The van der Waals surface area contributed by atoms with Gasteiger partial charge in [0.1, 0.15) is 11.0 Å². The van der Waals surface area contributed by atoms with E-state index in [0.717, 1.165) is 22.7 Å². The minimum atomic E-state index is -3.55. The molecule has 0 spiro atoms. The van der Waals surface area contributed by atoms with Crippen molar-refractivity contribution in [3.8, 4) is 0 Å². The standard InChI is InChI=1S/C16H23N5O3S2/c1-10-9-25-15(18-10)16(2,3)19-14(22)13-11-8-17-20(4)12(11)6-7-21(13)26(5,23)24/h8-9,13H,6-7H2,1-5H3,(H,19,22). The molecule has 142 valence electrons. The molecular formula is C16H23N5O3S2. The molecule has 26 heavy (non-hydrogen) atoms. The van der Waals surface area contributed by atoms with Crippen molar-refractivity contribution in [2.45, 2.75) is 38.8 Å². The number of carbonyl (C=O) groups excluding carboxylic acids is 1. The Morgan fingerprint density at radius 2 is 2.12 bits per heavy atom. The van der Waals surface area contributed by atoms with Crippen LogP contribution in [0.1, 0.15) is 41.8 Å². The van der Waals surface area contributed by atoms with Gasteiger partial charge in [-0.15, -0.1) is 11.3 Å². The van der Waals surface area contributed by atoms with Crippen LogP contribution >= 0.6 is 11.3 Å². The molecule has 0 saturated heterocycles. The number of sulfonamides is 1. The summed E-state index contributed by atoms with van der Waals surface area (Å²) < 4.78 is 27.5. The van der Waals surface area contributed by atoms with Crippen LogP contribution in [-0.2, 0) is 33.8 Å². The number of amides is 1. The molecule has 0 fully saturated rings. The van der Waals surface area contributed by atoms with E-state index in [-0.39, 0.29) is 12.5 Å². The largest absolute Gasteiger partial charge is 0.343 e. The maximum Gasteiger partial charge on any atom is 0.243 e. The van der Waals surface area contributed by atoms with Crippen LogP contribution in [0.25, 0.3) is 0 Å². The van der Waals surface area contributed by atoms with Crippen molar-refractivity contribution in [3.05, 3.63) is 33.5 Å². The van der Waals surface area contributed by atoms with E-state index in [2.05, 4.69) is 15.4 Å². The van der Waals surface area contributed by atoms with Crippen molar-refractivity contribution in [1.29, 1.82) is 0 Å². The zero-order valence-electron chi connectivity index (χ0n) is 15.5. The summed E-state index contributed by atoms with van der Waals surface area (Å²) in [5.74, 6) is -0.373. The average molecular weight is 398 g/mol. The fourth-order valence-electron chi connectivity index (χ4n) is 3.21. The van der Waals surface area contributed by atoms with Crippen LogP contribution < -0.4 is 5.32 Å². The summed E-state index contributed by atoms with van der Waals surface area (Å²) in [6, 6.07) is -0.928. The maximum absolute atomic E-state index is 13.1. The van der Waals surface area contributed by atoms with E-state index in [1.165, 1.54) is 15.6 Å². The lowest BCUT2D eigenvalue weighted by Gasteiger charge is -2.35. The Kier molecular flexibility index (Phi) is 4.70. The van der Waals surface area contributed by atoms with Crippen molar-refractivity contribution >= 4 is 27.3 Å². The molecule has 1 amide bonds. The third-order valence-corrected chi connectivity index (χ3v) is 7.04. The van der Waals surface area contributed by atoms with Crippen molar-refractivity contribution in [2.24, 2.45) is 7.05 Å². The molecule has 0 aromatic carbocycles. The molecule has 10 heteroatoms. The van der Waals surface area contributed by atoms with Gasteiger partial charge in [0.25, 0.3) is 0 Å². The summed E-state index contributed by atoms with van der Waals surface area (Å²) >= 11 is 1.47. The summed E-state index contributed by atoms with van der Waals surface area (Å²) in [4.78, 5) is 17.6. The third-order valence-electron chi connectivity index (χ3n) is 4.51. The first-order valence-corrected chi connectivity index (χ1v) is 11.0. The molecule has 1 aliphatic heterocycles. The van der Waals surface area contributed by atoms with Crippen molar-refractivity contribution in [3.63, 3.8) is 0 Å². The first kappa shape index (κ1) is 19.0. The highest BCUT2D eigenvalue weighted by molar-refractivity contribution is 7.88. The summed E-state index contributed by atoms with van der Waals surface area (Å²) in [6.45, 7) is 5.87. The Labute approximate surface area is 157 Å². The lowest BCUT2D eigenvalue weighted by Crippen LogP contribution is -2.51. The second kappa shape index (κ2) is 6.43. The number of aromatic nitrogens is 3. The Balaban J connectivity index is 1.97. The molecule has 1 aliphatic rings. The van der Waals surface area contributed by atoms with E-state index in [9.17, 15) is 13.2 Å². The molecule has 1 unspecified atom stereocenters. The van der Waals surface area contributed by atoms with Gasteiger partial charge in [-0.05, 0) is 20.8 Å². The fourth-order valence-corrected chi connectivity index (χ4v) is 5.11. The third kappa shape index (κ3) is 3.40. The molecule has 2 aromatic heterocycles. The molecule has 0 aliphatic carbocycles. The summed E-state index contributed by atoms with van der Waals surface area (Å²) in [7, 11) is -1.75. The van der Waals surface area contributed by atoms with Crippen LogP contribution in [-0.4, -0.2) is 46.2 Å². The molecule has 8 nitrogen and oxygen atoms in total. The first-order valence-electron chi connectivity index (χ1n) is 8.23. The molecule has 0 bridgehead atoms. The van der Waals surface area contributed by atoms with Crippen LogP contribution in [0.5, 0.6) is 0 Å². The second-order valence-corrected chi connectivity index (χ2v) is 9.90. The minimum Gasteiger partial charge on any atom is -0.343 e. The normalized spacial score (nSPS) is 18.6. The van der Waals surface area contributed by atoms with Crippen molar-refractivity contribution < 1.29 is 13.2 Å². The van der Waals surface area contributed by atoms with Gasteiger partial charge in [0, 0.05) is 42.3 Å². The lowest BCUT2D eigenvalue weighted by molar-refractivity contribution is -0.127. The van der Waals surface area contributed by atoms with Gasteiger partial charge in [-0.25, -0.2) is 13.4 Å². The smallest absolute Gasteiger partial charge is 0.243 e. The zero-order valence-corrected chi connectivity index (χ0v) is 17.1. The van der Waals surface area contributed by atoms with Gasteiger partial charge in [-0.1, -0.05) is 0 Å². The van der Waals surface area contributed by atoms with Crippen LogP contribution in [0.4, 0.5) is 0 Å². The highest BCUT2D eigenvalue weighted by atomic mass is 32.2. The maximum atomic E-state index is 13.1. The fraction of sp³-hybridized carbons (Fsp3) is 0.562. The Morgan fingerprint density at radius 3 is 2.69 bits per heavy atom. The number of rotatable bonds is 4. The van der Waals surface area contributed by atoms with Gasteiger partial charge in [-0.3, -0.25) is 9.48 Å². The molecule has 1 N–H and O–H groups in total. The predicted molar refractivity (Wildman–Crippen MR) is 99.2 cm³/mol. The predicted octanol–water partition coefficient (Wildman–Crippen LogP) is 1.10. The summed E-state index contributed by atoms with van der Waals surface area (Å²) in [6.07, 6.45) is 3.24. The highest BCUT2D eigenvalue weighted by Gasteiger charge is 2.41. The van der Waals surface area contributed by atoms with Gasteiger partial charge in [0.15, 0.2) is 0 Å². The Bertz CT molecular complexity index is 945. The van der Waals surface area contributed by atoms with Gasteiger partial charge < -0.3 is 5.32 Å². The number of nitrogens with zero attached hydrogens (tertiary/aromatic N) is 4. The number of hydrogen-bond acceptors (Lipinski definition) is 6. The van der Waals surface area contributed by atoms with E-state index in [0.29, 0.717) is 12.0 Å². The van der Waals surface area contributed by atoms with Crippen LogP contribution in [0.15, 0.2) is 11.6 Å². The number of thiazole rings is 1. The quantitative estimate of drug-likeness (QED) is 0.833.